The molecule has 3 aliphatic carbocycles. The van der Waals surface area contributed by atoms with E-state index in [0.717, 1.165) is 42.0 Å². The number of benzene rings is 2. The van der Waals surface area contributed by atoms with Crippen molar-refractivity contribution in [3.63, 3.8) is 0 Å². The molecule has 0 spiro atoms. The number of sulfonamides is 1. The highest BCUT2D eigenvalue weighted by molar-refractivity contribution is 7.91. The minimum Gasteiger partial charge on any atom is -0.446 e. The molecule has 278 valence electrons. The van der Waals surface area contributed by atoms with E-state index in [4.69, 9.17) is 9.47 Å². The van der Waals surface area contributed by atoms with Crippen LogP contribution in [0, 0.1) is 5.92 Å². The number of alkyl carbamates (subject to hydrolysis) is 1. The van der Waals surface area contributed by atoms with Gasteiger partial charge in [-0.2, -0.15) is 0 Å². The Kier molecular flexibility index (Phi) is 10.1. The molecule has 7 rings (SSSR count). The third-order valence-electron chi connectivity index (χ3n) is 10.5. The van der Waals surface area contributed by atoms with Crippen molar-refractivity contribution in [2.75, 3.05) is 19.6 Å². The molecule has 1 saturated heterocycles. The van der Waals surface area contributed by atoms with Crippen LogP contribution in [0.25, 0.3) is 10.8 Å². The van der Waals surface area contributed by atoms with Gasteiger partial charge in [0.1, 0.15) is 30.3 Å². The summed E-state index contributed by atoms with van der Waals surface area (Å²) in [6, 6.07) is 11.2. The average molecular weight is 736 g/mol. The highest BCUT2D eigenvalue weighted by atomic mass is 32.2. The average Bonchev–Trinajstić information content (AvgIpc) is 3.99. The van der Waals surface area contributed by atoms with Gasteiger partial charge in [0.15, 0.2) is 0 Å². The Morgan fingerprint density at radius 2 is 1.73 bits per heavy atom. The fraction of sp³-hybridized carbons (Fsp3) is 0.541. The zero-order chi connectivity index (χ0) is 36.5. The molecule has 5 aliphatic rings. The Hall–Kier alpha value is -4.66. The van der Waals surface area contributed by atoms with Crippen molar-refractivity contribution in [3.8, 4) is 0 Å². The van der Waals surface area contributed by atoms with Gasteiger partial charge >= 0.3 is 12.2 Å². The molecule has 2 aliphatic heterocycles. The zero-order valence-electron chi connectivity index (χ0n) is 29.0. The predicted molar refractivity (Wildman–Crippen MR) is 189 cm³/mol. The second kappa shape index (κ2) is 14.8. The van der Waals surface area contributed by atoms with E-state index in [1.165, 1.54) is 9.80 Å². The topological polar surface area (TPSA) is 181 Å². The molecule has 2 aromatic carbocycles. The normalized spacial score (nSPS) is 27.5. The van der Waals surface area contributed by atoms with Gasteiger partial charge in [-0.1, -0.05) is 67.5 Å². The highest BCUT2D eigenvalue weighted by Gasteiger charge is 2.62. The molecule has 0 bridgehead atoms. The molecule has 2 heterocycles. The van der Waals surface area contributed by atoms with Crippen LogP contribution in [0.2, 0.25) is 0 Å². The first-order valence-corrected chi connectivity index (χ1v) is 19.8. The number of hydrogen-bond donors (Lipinski definition) is 3. The minimum absolute atomic E-state index is 0.0158. The van der Waals surface area contributed by atoms with Crippen LogP contribution in [0.1, 0.15) is 69.8 Å². The smallest absolute Gasteiger partial charge is 0.410 e. The standard InChI is InChI=1S/C37H45N5O9S/c43-32-31-22-41(36(47)50-23-25-11-8-10-24-9-6-7-13-29(24)25)19-20-42(31)33(44)30(38-35(46)51-27-15-16-27)14-5-3-1-2-4-12-26-21-37(26,39-32)34(45)40-52(48,49)28-17-18-28/h4,6-13,26-28,30-31H,1-3,5,14-23H2,(H,38,46)(H,39,43)(H,40,45)/b12-4+/t26?,30-,31-,37-/m0/s1. The summed E-state index contributed by atoms with van der Waals surface area (Å²) in [5, 5.41) is 6.82. The lowest BCUT2D eigenvalue weighted by Gasteiger charge is -2.41. The first-order valence-electron chi connectivity index (χ1n) is 18.2. The van der Waals surface area contributed by atoms with Crippen molar-refractivity contribution < 1.29 is 41.9 Å². The molecule has 15 heteroatoms. The quantitative estimate of drug-likeness (QED) is 0.360. The maximum atomic E-state index is 14.3. The zero-order valence-corrected chi connectivity index (χ0v) is 29.8. The van der Waals surface area contributed by atoms with E-state index in [-0.39, 0.29) is 38.8 Å². The van der Waals surface area contributed by atoms with Crippen LogP contribution in [0.4, 0.5) is 9.59 Å². The van der Waals surface area contributed by atoms with Crippen LogP contribution in [0.3, 0.4) is 0 Å². The molecular weight excluding hydrogens is 690 g/mol. The second-order valence-electron chi connectivity index (χ2n) is 14.5. The molecule has 5 amide bonds. The molecule has 0 aromatic heterocycles. The molecule has 52 heavy (non-hydrogen) atoms. The van der Waals surface area contributed by atoms with Gasteiger partial charge in [-0.25, -0.2) is 18.0 Å². The van der Waals surface area contributed by atoms with E-state index in [1.807, 2.05) is 54.6 Å². The summed E-state index contributed by atoms with van der Waals surface area (Å²) in [4.78, 5) is 71.2. The molecule has 1 unspecified atom stereocenters. The fourth-order valence-corrected chi connectivity index (χ4v) is 8.44. The summed E-state index contributed by atoms with van der Waals surface area (Å²) in [6.45, 7) is -0.254. The number of nitrogens with one attached hydrogen (secondary N) is 3. The van der Waals surface area contributed by atoms with Crippen molar-refractivity contribution in [2.24, 2.45) is 5.92 Å². The van der Waals surface area contributed by atoms with E-state index in [0.29, 0.717) is 32.1 Å². The molecule has 4 atom stereocenters. The molecule has 4 fully saturated rings. The number of carbonyl (C=O) groups excluding carboxylic acids is 5. The van der Waals surface area contributed by atoms with Crippen molar-refractivity contribution in [3.05, 3.63) is 60.2 Å². The fourth-order valence-electron chi connectivity index (χ4n) is 7.07. The van der Waals surface area contributed by atoms with Crippen LogP contribution in [-0.2, 0) is 40.5 Å². The van der Waals surface area contributed by atoms with E-state index >= 15 is 0 Å². The van der Waals surface area contributed by atoms with Gasteiger partial charge in [0.25, 0.3) is 5.91 Å². The molecular formula is C37H45N5O9S. The number of fused-ring (bicyclic) bond motifs is 3. The first-order chi connectivity index (χ1) is 25.0. The summed E-state index contributed by atoms with van der Waals surface area (Å²) in [5.41, 5.74) is -0.742. The lowest BCUT2D eigenvalue weighted by molar-refractivity contribution is -0.146. The summed E-state index contributed by atoms with van der Waals surface area (Å²) < 4.78 is 38.9. The Bertz CT molecular complexity index is 1870. The number of carbonyl (C=O) groups is 5. The Labute approximate surface area is 302 Å². The van der Waals surface area contributed by atoms with Crippen LogP contribution in [0.5, 0.6) is 0 Å². The van der Waals surface area contributed by atoms with Crippen LogP contribution < -0.4 is 15.4 Å². The lowest BCUT2D eigenvalue weighted by atomic mass is 10.0. The Balaban J connectivity index is 1.13. The number of piperazine rings is 1. The van der Waals surface area contributed by atoms with Crippen molar-refractivity contribution in [2.45, 2.75) is 99.8 Å². The van der Waals surface area contributed by atoms with Gasteiger partial charge in [0, 0.05) is 19.0 Å². The third kappa shape index (κ3) is 8.03. The van der Waals surface area contributed by atoms with Crippen LogP contribution >= 0.6 is 0 Å². The number of rotatable bonds is 7. The molecule has 14 nitrogen and oxygen atoms in total. The number of ether oxygens (including phenoxy) is 2. The van der Waals surface area contributed by atoms with E-state index in [9.17, 15) is 32.4 Å². The highest BCUT2D eigenvalue weighted by Crippen LogP contribution is 2.46. The van der Waals surface area contributed by atoms with E-state index in [1.54, 1.807) is 0 Å². The lowest BCUT2D eigenvalue weighted by Crippen LogP contribution is -2.66. The van der Waals surface area contributed by atoms with Gasteiger partial charge in [-0.3, -0.25) is 19.1 Å². The molecule has 3 saturated carbocycles. The number of hydrogen-bond acceptors (Lipinski definition) is 9. The molecule has 2 aromatic rings. The van der Waals surface area contributed by atoms with Gasteiger partial charge in [-0.05, 0) is 67.7 Å². The number of allylic oxidation sites excluding steroid dienone is 1. The summed E-state index contributed by atoms with van der Waals surface area (Å²) >= 11 is 0. The Morgan fingerprint density at radius 3 is 2.52 bits per heavy atom. The summed E-state index contributed by atoms with van der Waals surface area (Å²) in [7, 11) is -3.91. The van der Waals surface area contributed by atoms with Crippen LogP contribution in [-0.4, -0.2) is 96.7 Å². The first kappa shape index (κ1) is 35.7. The Morgan fingerprint density at radius 1 is 0.942 bits per heavy atom. The van der Waals surface area contributed by atoms with Gasteiger partial charge in [0.2, 0.25) is 21.8 Å². The van der Waals surface area contributed by atoms with Crippen LogP contribution in [0.15, 0.2) is 54.6 Å². The van der Waals surface area contributed by atoms with E-state index in [2.05, 4.69) is 15.4 Å². The SMILES string of the molecule is O=C(N[C@H]1CCCCC/C=C/C2C[C@]2(C(=O)NS(=O)(=O)C2CC2)NC(=O)[C@@H]2CN(C(=O)OCc3cccc4ccccc34)CCN2C1=O)OC1CC1. The predicted octanol–water partition coefficient (Wildman–Crippen LogP) is 3.25. The number of nitrogens with zero attached hydrogens (tertiary/aromatic N) is 2. The monoisotopic (exact) mass is 735 g/mol. The summed E-state index contributed by atoms with van der Waals surface area (Å²) in [5.74, 6) is -2.51. The van der Waals surface area contributed by atoms with Crippen molar-refractivity contribution >= 4 is 50.7 Å². The maximum Gasteiger partial charge on any atom is 0.410 e. The summed E-state index contributed by atoms with van der Waals surface area (Å²) in [6.07, 6.45) is 8.00. The van der Waals surface area contributed by atoms with Crippen molar-refractivity contribution in [1.29, 1.82) is 0 Å². The molecule has 3 N–H and O–H groups in total. The minimum atomic E-state index is -3.91. The van der Waals surface area contributed by atoms with E-state index < -0.39 is 68.7 Å². The maximum absolute atomic E-state index is 14.3. The van der Waals surface area contributed by atoms with Gasteiger partial charge in [-0.15, -0.1) is 0 Å². The number of amides is 5. The third-order valence-corrected chi connectivity index (χ3v) is 12.4. The van der Waals surface area contributed by atoms with Crippen molar-refractivity contribution in [1.82, 2.24) is 25.2 Å². The van der Waals surface area contributed by atoms with Gasteiger partial charge < -0.3 is 29.9 Å². The largest absolute Gasteiger partial charge is 0.446 e. The van der Waals surface area contributed by atoms with Gasteiger partial charge in [0.05, 0.1) is 11.8 Å². The second-order valence-corrected chi connectivity index (χ2v) is 16.5. The molecule has 0 radical (unpaired) electrons.